The molecule has 1 fully saturated rings. The molecule has 0 radical (unpaired) electrons. The Hall–Kier alpha value is -2.08. The molecule has 1 aliphatic heterocycles. The van der Waals surface area contributed by atoms with Gasteiger partial charge in [-0.05, 0) is 25.0 Å². The molecule has 6 nitrogen and oxygen atoms in total. The number of carbonyl (C=O) groups is 2. The number of hydrogen-bond donors (Lipinski definition) is 2. The highest BCUT2D eigenvalue weighted by Gasteiger charge is 2.22. The largest absolute Gasteiger partial charge is 0.484 e. The number of para-hydroxylation sites is 1. The molecular formula is C15H20N2O4. The van der Waals surface area contributed by atoms with Crippen LogP contribution in [0, 0.1) is 0 Å². The van der Waals surface area contributed by atoms with Crippen LogP contribution in [0.3, 0.4) is 0 Å². The van der Waals surface area contributed by atoms with Crippen molar-refractivity contribution in [3.63, 3.8) is 0 Å². The third-order valence-electron chi connectivity index (χ3n) is 3.08. The number of amides is 2. The minimum atomic E-state index is -0.331. The molecule has 6 heteroatoms. The van der Waals surface area contributed by atoms with Gasteiger partial charge in [0.1, 0.15) is 11.9 Å². The van der Waals surface area contributed by atoms with E-state index < -0.39 is 0 Å². The molecule has 0 aromatic heterocycles. The molecule has 114 valence electrons. The summed E-state index contributed by atoms with van der Waals surface area (Å²) in [6.45, 7) is 1.36. The molecule has 1 saturated heterocycles. The van der Waals surface area contributed by atoms with Gasteiger partial charge in [-0.25, -0.2) is 0 Å². The lowest BCUT2D eigenvalue weighted by molar-refractivity contribution is -0.130. The Balaban J connectivity index is 1.54. The predicted molar refractivity (Wildman–Crippen MR) is 76.9 cm³/mol. The molecule has 21 heavy (non-hydrogen) atoms. The summed E-state index contributed by atoms with van der Waals surface area (Å²) in [5, 5.41) is 5.41. The highest BCUT2D eigenvalue weighted by molar-refractivity contribution is 5.81. The molecule has 0 spiro atoms. The molecule has 1 aliphatic rings. The number of benzene rings is 1. The molecule has 1 atom stereocenters. The van der Waals surface area contributed by atoms with Crippen LogP contribution in [0.25, 0.3) is 0 Å². The summed E-state index contributed by atoms with van der Waals surface area (Å²) in [5.74, 6) is 0.326. The SMILES string of the molecule is O=C(COc1ccccc1)NCCNC(=O)C1CCCO1. The summed E-state index contributed by atoms with van der Waals surface area (Å²) in [7, 11) is 0. The summed E-state index contributed by atoms with van der Waals surface area (Å²) in [6, 6.07) is 9.13. The second kappa shape index (κ2) is 8.26. The van der Waals surface area contributed by atoms with Crippen LogP contribution < -0.4 is 15.4 Å². The Morgan fingerprint density at radius 1 is 1.19 bits per heavy atom. The summed E-state index contributed by atoms with van der Waals surface area (Å²) < 4.78 is 10.6. The van der Waals surface area contributed by atoms with E-state index in [1.54, 1.807) is 12.1 Å². The summed E-state index contributed by atoms with van der Waals surface area (Å²) in [4.78, 5) is 23.2. The van der Waals surface area contributed by atoms with Crippen LogP contribution in [0.1, 0.15) is 12.8 Å². The van der Waals surface area contributed by atoms with Crippen molar-refractivity contribution >= 4 is 11.8 Å². The van der Waals surface area contributed by atoms with Crippen molar-refractivity contribution in [3.8, 4) is 5.75 Å². The van der Waals surface area contributed by atoms with Gasteiger partial charge < -0.3 is 20.1 Å². The summed E-state index contributed by atoms with van der Waals surface area (Å²) in [5.41, 5.74) is 0. The third kappa shape index (κ3) is 5.43. The van der Waals surface area contributed by atoms with Crippen LogP contribution in [-0.2, 0) is 14.3 Å². The van der Waals surface area contributed by atoms with E-state index in [2.05, 4.69) is 10.6 Å². The van der Waals surface area contributed by atoms with Crippen molar-refractivity contribution in [2.24, 2.45) is 0 Å². The van der Waals surface area contributed by atoms with E-state index in [0.717, 1.165) is 12.8 Å². The van der Waals surface area contributed by atoms with E-state index in [9.17, 15) is 9.59 Å². The van der Waals surface area contributed by atoms with Gasteiger partial charge in [0.15, 0.2) is 6.61 Å². The fraction of sp³-hybridized carbons (Fsp3) is 0.467. The van der Waals surface area contributed by atoms with E-state index in [-0.39, 0.29) is 24.5 Å². The number of nitrogens with one attached hydrogen (secondary N) is 2. The molecule has 2 N–H and O–H groups in total. The van der Waals surface area contributed by atoms with Gasteiger partial charge in [0.2, 0.25) is 5.91 Å². The first kappa shape index (κ1) is 15.3. The number of ether oxygens (including phenoxy) is 2. The van der Waals surface area contributed by atoms with Crippen LogP contribution >= 0.6 is 0 Å². The van der Waals surface area contributed by atoms with Gasteiger partial charge in [0.25, 0.3) is 5.91 Å². The Kier molecular flexibility index (Phi) is 6.02. The Bertz CT molecular complexity index is 458. The average molecular weight is 292 g/mol. The lowest BCUT2D eigenvalue weighted by Gasteiger charge is -2.11. The first-order chi connectivity index (χ1) is 10.3. The maximum absolute atomic E-state index is 11.6. The summed E-state index contributed by atoms with van der Waals surface area (Å²) >= 11 is 0. The Morgan fingerprint density at radius 3 is 2.67 bits per heavy atom. The molecule has 0 saturated carbocycles. The van der Waals surface area contributed by atoms with Gasteiger partial charge in [-0.2, -0.15) is 0 Å². The summed E-state index contributed by atoms with van der Waals surface area (Å²) in [6.07, 6.45) is 1.36. The van der Waals surface area contributed by atoms with Crippen LogP contribution in [0.15, 0.2) is 30.3 Å². The van der Waals surface area contributed by atoms with Crippen molar-refractivity contribution in [1.82, 2.24) is 10.6 Å². The molecule has 1 heterocycles. The standard InChI is InChI=1S/C15H20N2O4/c18-14(11-21-12-5-2-1-3-6-12)16-8-9-17-15(19)13-7-4-10-20-13/h1-3,5-6,13H,4,7-11H2,(H,16,18)(H,17,19). The van der Waals surface area contributed by atoms with E-state index in [0.29, 0.717) is 25.4 Å². The van der Waals surface area contributed by atoms with Crippen LogP contribution in [0.4, 0.5) is 0 Å². The van der Waals surface area contributed by atoms with Crippen molar-refractivity contribution in [3.05, 3.63) is 30.3 Å². The van der Waals surface area contributed by atoms with Crippen molar-refractivity contribution < 1.29 is 19.1 Å². The van der Waals surface area contributed by atoms with Gasteiger partial charge in [0.05, 0.1) is 0 Å². The minimum Gasteiger partial charge on any atom is -0.484 e. The van der Waals surface area contributed by atoms with Gasteiger partial charge in [-0.3, -0.25) is 9.59 Å². The van der Waals surface area contributed by atoms with Crippen LogP contribution in [-0.4, -0.2) is 44.2 Å². The third-order valence-corrected chi connectivity index (χ3v) is 3.08. The van der Waals surface area contributed by atoms with Gasteiger partial charge in [-0.15, -0.1) is 0 Å². The van der Waals surface area contributed by atoms with Gasteiger partial charge in [0, 0.05) is 19.7 Å². The second-order valence-electron chi connectivity index (χ2n) is 4.74. The Labute approximate surface area is 123 Å². The lowest BCUT2D eigenvalue weighted by atomic mass is 10.2. The molecule has 1 aromatic rings. The maximum Gasteiger partial charge on any atom is 0.258 e. The fourth-order valence-corrected chi connectivity index (χ4v) is 2.00. The van der Waals surface area contributed by atoms with Gasteiger partial charge >= 0.3 is 0 Å². The zero-order valence-electron chi connectivity index (χ0n) is 11.8. The van der Waals surface area contributed by atoms with E-state index in [4.69, 9.17) is 9.47 Å². The zero-order valence-corrected chi connectivity index (χ0v) is 11.8. The monoisotopic (exact) mass is 292 g/mol. The van der Waals surface area contributed by atoms with Crippen LogP contribution in [0.5, 0.6) is 5.75 Å². The average Bonchev–Trinajstić information content (AvgIpc) is 3.05. The molecule has 1 unspecified atom stereocenters. The molecule has 2 amide bonds. The van der Waals surface area contributed by atoms with E-state index in [1.807, 2.05) is 18.2 Å². The molecule has 1 aromatic carbocycles. The maximum atomic E-state index is 11.6. The van der Waals surface area contributed by atoms with Gasteiger partial charge in [-0.1, -0.05) is 18.2 Å². The number of hydrogen-bond acceptors (Lipinski definition) is 4. The zero-order chi connectivity index (χ0) is 14.9. The molecule has 0 bridgehead atoms. The van der Waals surface area contributed by atoms with E-state index >= 15 is 0 Å². The van der Waals surface area contributed by atoms with Crippen molar-refractivity contribution in [2.75, 3.05) is 26.3 Å². The highest BCUT2D eigenvalue weighted by atomic mass is 16.5. The topological polar surface area (TPSA) is 76.7 Å². The van der Waals surface area contributed by atoms with Crippen molar-refractivity contribution in [1.29, 1.82) is 0 Å². The van der Waals surface area contributed by atoms with Crippen LogP contribution in [0.2, 0.25) is 0 Å². The molecule has 0 aliphatic carbocycles. The Morgan fingerprint density at radius 2 is 1.95 bits per heavy atom. The molecular weight excluding hydrogens is 272 g/mol. The lowest BCUT2D eigenvalue weighted by Crippen LogP contribution is -2.40. The quantitative estimate of drug-likeness (QED) is 0.717. The smallest absolute Gasteiger partial charge is 0.258 e. The minimum absolute atomic E-state index is 0.0380. The number of carbonyl (C=O) groups excluding carboxylic acids is 2. The normalized spacial score (nSPS) is 17.2. The highest BCUT2D eigenvalue weighted by Crippen LogP contribution is 2.11. The fourth-order valence-electron chi connectivity index (χ4n) is 2.00. The first-order valence-corrected chi connectivity index (χ1v) is 7.09. The number of rotatable bonds is 7. The van der Waals surface area contributed by atoms with Crippen molar-refractivity contribution in [2.45, 2.75) is 18.9 Å². The predicted octanol–water partition coefficient (Wildman–Crippen LogP) is 0.477. The second-order valence-corrected chi connectivity index (χ2v) is 4.74. The first-order valence-electron chi connectivity index (χ1n) is 7.09. The van der Waals surface area contributed by atoms with E-state index in [1.165, 1.54) is 0 Å². The molecule has 2 rings (SSSR count).